The number of piperidine rings is 1. The third-order valence-corrected chi connectivity index (χ3v) is 4.42. The molecule has 0 saturated carbocycles. The largest absolute Gasteiger partial charge is 0.477 e. The number of hydrogen-bond donors (Lipinski definition) is 2. The molecule has 0 unspecified atom stereocenters. The average Bonchev–Trinajstić information content (AvgIpc) is 2.46. The fraction of sp³-hybridized carbons (Fsp3) is 0.600. The molecule has 1 aliphatic heterocycles. The number of thioether (sulfide) groups is 1. The molecule has 1 amide bonds. The van der Waals surface area contributed by atoms with Gasteiger partial charge in [0.25, 0.3) is 0 Å². The number of hydrogen-bond acceptors (Lipinski definition) is 6. The number of rotatable bonds is 5. The van der Waals surface area contributed by atoms with Gasteiger partial charge >= 0.3 is 5.97 Å². The molecule has 0 aromatic carbocycles. The summed E-state index contributed by atoms with van der Waals surface area (Å²) in [6, 6.07) is 1.64. The second kappa shape index (κ2) is 7.63. The summed E-state index contributed by atoms with van der Waals surface area (Å²) >= 11 is 1.43. The number of aromatic carboxylic acids is 1. The highest BCUT2D eigenvalue weighted by Crippen LogP contribution is 2.22. The standard InChI is InChI=1S/C15H22N4O3S/c1-9(2)23-15-17-12(14(21)22)8-13(18-15)16-11-4-6-19(7-5-11)10(3)20/h8-9,11H,4-7H2,1-3H3,(H,21,22)(H,16,17,18). The van der Waals surface area contributed by atoms with E-state index in [4.69, 9.17) is 0 Å². The van der Waals surface area contributed by atoms with Crippen molar-refractivity contribution in [1.82, 2.24) is 14.9 Å². The van der Waals surface area contributed by atoms with Gasteiger partial charge in [0.05, 0.1) is 0 Å². The molecule has 0 atom stereocenters. The normalized spacial score (nSPS) is 15.7. The number of amides is 1. The van der Waals surface area contributed by atoms with Crippen molar-refractivity contribution in [1.29, 1.82) is 0 Å². The molecule has 2 N–H and O–H groups in total. The molecular weight excluding hydrogens is 316 g/mol. The van der Waals surface area contributed by atoms with Gasteiger partial charge in [-0.1, -0.05) is 25.6 Å². The van der Waals surface area contributed by atoms with Gasteiger partial charge in [-0.15, -0.1) is 0 Å². The molecule has 1 fully saturated rings. The third-order valence-electron chi connectivity index (χ3n) is 3.56. The maximum atomic E-state index is 11.3. The number of carboxylic acid groups (broad SMARTS) is 1. The third kappa shape index (κ3) is 5.09. The first-order chi connectivity index (χ1) is 10.8. The van der Waals surface area contributed by atoms with Crippen molar-refractivity contribution in [2.75, 3.05) is 18.4 Å². The molecule has 1 aliphatic rings. The summed E-state index contributed by atoms with van der Waals surface area (Å²) in [7, 11) is 0. The lowest BCUT2D eigenvalue weighted by atomic mass is 10.1. The lowest BCUT2D eigenvalue weighted by molar-refractivity contribution is -0.129. The van der Waals surface area contributed by atoms with E-state index in [9.17, 15) is 14.7 Å². The van der Waals surface area contributed by atoms with Gasteiger partial charge in [-0.05, 0) is 12.8 Å². The van der Waals surface area contributed by atoms with Crippen LogP contribution in [0.4, 0.5) is 5.82 Å². The molecule has 7 nitrogen and oxygen atoms in total. The van der Waals surface area contributed by atoms with E-state index in [0.29, 0.717) is 24.1 Å². The summed E-state index contributed by atoms with van der Waals surface area (Å²) in [5.41, 5.74) is -0.00757. The van der Waals surface area contributed by atoms with Crippen molar-refractivity contribution in [2.45, 2.75) is 50.1 Å². The fourth-order valence-electron chi connectivity index (χ4n) is 2.42. The van der Waals surface area contributed by atoms with Crippen LogP contribution < -0.4 is 5.32 Å². The van der Waals surface area contributed by atoms with Gasteiger partial charge in [0, 0.05) is 37.4 Å². The minimum atomic E-state index is -1.06. The van der Waals surface area contributed by atoms with Gasteiger partial charge < -0.3 is 15.3 Å². The fourth-order valence-corrected chi connectivity index (χ4v) is 3.14. The Labute approximate surface area is 139 Å². The van der Waals surface area contributed by atoms with E-state index in [1.165, 1.54) is 17.8 Å². The van der Waals surface area contributed by atoms with Gasteiger partial charge in [-0.3, -0.25) is 4.79 Å². The summed E-state index contributed by atoms with van der Waals surface area (Å²) in [6.45, 7) is 7.00. The number of carboxylic acids is 1. The van der Waals surface area contributed by atoms with Crippen molar-refractivity contribution < 1.29 is 14.7 Å². The van der Waals surface area contributed by atoms with Crippen molar-refractivity contribution in [3.8, 4) is 0 Å². The Bertz CT molecular complexity index is 586. The number of aromatic nitrogens is 2. The van der Waals surface area contributed by atoms with Crippen LogP contribution in [-0.4, -0.2) is 56.2 Å². The first-order valence-electron chi connectivity index (χ1n) is 7.66. The Balaban J connectivity index is 2.08. The van der Waals surface area contributed by atoms with Crippen LogP contribution in [0, 0.1) is 0 Å². The molecule has 2 heterocycles. The van der Waals surface area contributed by atoms with E-state index < -0.39 is 5.97 Å². The molecule has 23 heavy (non-hydrogen) atoms. The first kappa shape index (κ1) is 17.5. The molecular formula is C15H22N4O3S. The molecule has 0 aliphatic carbocycles. The first-order valence-corrected chi connectivity index (χ1v) is 8.54. The average molecular weight is 338 g/mol. The minimum Gasteiger partial charge on any atom is -0.477 e. The number of nitrogens with one attached hydrogen (secondary N) is 1. The molecule has 0 radical (unpaired) electrons. The summed E-state index contributed by atoms with van der Waals surface area (Å²) in [5.74, 6) is -0.441. The predicted octanol–water partition coefficient (Wildman–Crippen LogP) is 2.10. The van der Waals surface area contributed by atoms with Crippen LogP contribution in [0.1, 0.15) is 44.1 Å². The Kier molecular flexibility index (Phi) is 5.81. The van der Waals surface area contributed by atoms with Crippen LogP contribution >= 0.6 is 11.8 Å². The monoisotopic (exact) mass is 338 g/mol. The second-order valence-electron chi connectivity index (χ2n) is 5.82. The molecule has 0 bridgehead atoms. The van der Waals surface area contributed by atoms with E-state index in [0.717, 1.165) is 12.8 Å². The zero-order valence-electron chi connectivity index (χ0n) is 13.6. The van der Waals surface area contributed by atoms with Crippen LogP contribution in [0.5, 0.6) is 0 Å². The van der Waals surface area contributed by atoms with E-state index in [1.807, 2.05) is 18.7 Å². The molecule has 2 rings (SSSR count). The number of carbonyl (C=O) groups excluding carboxylic acids is 1. The van der Waals surface area contributed by atoms with Crippen molar-refractivity contribution in [2.24, 2.45) is 0 Å². The Morgan fingerprint density at radius 3 is 2.52 bits per heavy atom. The summed E-state index contributed by atoms with van der Waals surface area (Å²) < 4.78 is 0. The topological polar surface area (TPSA) is 95.4 Å². The molecule has 1 saturated heterocycles. The Hall–Kier alpha value is -1.83. The molecule has 1 aromatic heterocycles. The number of anilines is 1. The Morgan fingerprint density at radius 1 is 1.35 bits per heavy atom. The Morgan fingerprint density at radius 2 is 2.00 bits per heavy atom. The summed E-state index contributed by atoms with van der Waals surface area (Å²) in [6.07, 6.45) is 1.64. The second-order valence-corrected chi connectivity index (χ2v) is 7.36. The van der Waals surface area contributed by atoms with E-state index in [-0.39, 0.29) is 22.9 Å². The molecule has 126 valence electrons. The number of carbonyl (C=O) groups is 2. The van der Waals surface area contributed by atoms with Crippen molar-refractivity contribution in [3.05, 3.63) is 11.8 Å². The van der Waals surface area contributed by atoms with Crippen LogP contribution in [-0.2, 0) is 4.79 Å². The lowest BCUT2D eigenvalue weighted by Crippen LogP contribution is -2.41. The van der Waals surface area contributed by atoms with Gasteiger partial charge in [-0.25, -0.2) is 14.8 Å². The lowest BCUT2D eigenvalue weighted by Gasteiger charge is -2.32. The number of nitrogens with zero attached hydrogens (tertiary/aromatic N) is 3. The maximum absolute atomic E-state index is 11.3. The SMILES string of the molecule is CC(=O)N1CCC(Nc2cc(C(=O)O)nc(SC(C)C)n2)CC1. The number of likely N-dealkylation sites (tertiary alicyclic amines) is 1. The molecule has 1 aromatic rings. The molecule has 0 spiro atoms. The summed E-state index contributed by atoms with van der Waals surface area (Å²) in [5, 5.41) is 13.2. The van der Waals surface area contributed by atoms with Crippen LogP contribution in [0.25, 0.3) is 0 Å². The predicted molar refractivity (Wildman–Crippen MR) is 88.9 cm³/mol. The van der Waals surface area contributed by atoms with Crippen LogP contribution in [0.3, 0.4) is 0 Å². The van der Waals surface area contributed by atoms with Crippen LogP contribution in [0.2, 0.25) is 0 Å². The highest BCUT2D eigenvalue weighted by Gasteiger charge is 2.21. The molecule has 8 heteroatoms. The quantitative estimate of drug-likeness (QED) is 0.627. The highest BCUT2D eigenvalue weighted by atomic mass is 32.2. The van der Waals surface area contributed by atoms with Gasteiger partial charge in [-0.2, -0.15) is 0 Å². The van der Waals surface area contributed by atoms with E-state index in [2.05, 4.69) is 15.3 Å². The van der Waals surface area contributed by atoms with Crippen LogP contribution in [0.15, 0.2) is 11.2 Å². The zero-order chi connectivity index (χ0) is 17.0. The zero-order valence-corrected chi connectivity index (χ0v) is 14.4. The maximum Gasteiger partial charge on any atom is 0.354 e. The van der Waals surface area contributed by atoms with Crippen molar-refractivity contribution in [3.63, 3.8) is 0 Å². The van der Waals surface area contributed by atoms with E-state index in [1.54, 1.807) is 6.92 Å². The van der Waals surface area contributed by atoms with Gasteiger partial charge in [0.2, 0.25) is 5.91 Å². The van der Waals surface area contributed by atoms with Crippen molar-refractivity contribution >= 4 is 29.5 Å². The summed E-state index contributed by atoms with van der Waals surface area (Å²) in [4.78, 5) is 32.9. The highest BCUT2D eigenvalue weighted by molar-refractivity contribution is 7.99. The van der Waals surface area contributed by atoms with E-state index >= 15 is 0 Å². The minimum absolute atomic E-state index is 0.00757. The smallest absolute Gasteiger partial charge is 0.354 e. The van der Waals surface area contributed by atoms with Gasteiger partial charge in [0.1, 0.15) is 5.82 Å². The van der Waals surface area contributed by atoms with Gasteiger partial charge in [0.15, 0.2) is 10.9 Å².